The first-order chi connectivity index (χ1) is 8.43. The van der Waals surface area contributed by atoms with Gasteiger partial charge in [-0.1, -0.05) is 0 Å². The largest absolute Gasteiger partial charge is 0.453 e. The topological polar surface area (TPSA) is 74.6 Å². The number of likely N-dealkylation sites (N-methyl/N-ethyl adjacent to an activating group) is 1. The van der Waals surface area contributed by atoms with Crippen LogP contribution in [0.25, 0.3) is 0 Å². The number of nitrogens with zero attached hydrogens (tertiary/aromatic N) is 1. The number of nitrogens with one attached hydrogen (secondary N) is 2. The van der Waals surface area contributed by atoms with Crippen LogP contribution in [0.4, 0.5) is 4.79 Å². The Morgan fingerprint density at radius 1 is 1.50 bits per heavy atom. The first-order valence-electron chi connectivity index (χ1n) is 5.41. The maximum absolute atomic E-state index is 11.7. The molecule has 0 aliphatic carbocycles. The lowest BCUT2D eigenvalue weighted by Crippen LogP contribution is -2.47. The number of hydrogen-bond acceptors (Lipinski definition) is 4. The standard InChI is InChI=1S/C11H16BrN3O3/c1-7(10(16)14-11(17)13-2)15(3)6-8-4-5-9(12)18-8/h4-5,7H,6H2,1-3H3,(H2,13,14,16,17). The molecule has 7 heteroatoms. The normalized spacial score (nSPS) is 12.3. The van der Waals surface area contributed by atoms with Gasteiger partial charge in [0.05, 0.1) is 12.6 Å². The van der Waals surface area contributed by atoms with E-state index in [0.717, 1.165) is 5.76 Å². The van der Waals surface area contributed by atoms with Gasteiger partial charge in [0.15, 0.2) is 4.67 Å². The van der Waals surface area contributed by atoms with E-state index in [4.69, 9.17) is 4.42 Å². The van der Waals surface area contributed by atoms with E-state index in [1.165, 1.54) is 7.05 Å². The van der Waals surface area contributed by atoms with Gasteiger partial charge in [0.25, 0.3) is 0 Å². The Morgan fingerprint density at radius 2 is 2.17 bits per heavy atom. The van der Waals surface area contributed by atoms with Crippen LogP contribution >= 0.6 is 15.9 Å². The van der Waals surface area contributed by atoms with Gasteiger partial charge in [-0.25, -0.2) is 4.79 Å². The number of hydrogen-bond donors (Lipinski definition) is 2. The molecule has 0 fully saturated rings. The molecule has 1 aromatic heterocycles. The molecule has 0 spiro atoms. The molecule has 0 saturated heterocycles. The monoisotopic (exact) mass is 317 g/mol. The Bertz CT molecular complexity index is 433. The van der Waals surface area contributed by atoms with Crippen molar-refractivity contribution in [2.24, 2.45) is 0 Å². The Morgan fingerprint density at radius 3 is 2.67 bits per heavy atom. The van der Waals surface area contributed by atoms with Crippen molar-refractivity contribution in [2.75, 3.05) is 14.1 Å². The maximum atomic E-state index is 11.7. The number of urea groups is 1. The number of halogens is 1. The van der Waals surface area contributed by atoms with Crippen molar-refractivity contribution in [3.05, 3.63) is 22.6 Å². The van der Waals surface area contributed by atoms with Gasteiger partial charge < -0.3 is 9.73 Å². The number of furan rings is 1. The van der Waals surface area contributed by atoms with Crippen molar-refractivity contribution in [1.82, 2.24) is 15.5 Å². The van der Waals surface area contributed by atoms with Crippen LogP contribution in [0.2, 0.25) is 0 Å². The van der Waals surface area contributed by atoms with Gasteiger partial charge in [-0.15, -0.1) is 0 Å². The molecule has 3 amide bonds. The van der Waals surface area contributed by atoms with Gasteiger partial charge >= 0.3 is 6.03 Å². The SMILES string of the molecule is CNC(=O)NC(=O)C(C)N(C)Cc1ccc(Br)o1. The predicted octanol–water partition coefficient (Wildman–Crippen LogP) is 1.32. The molecular formula is C11H16BrN3O3. The molecule has 0 aromatic carbocycles. The second kappa shape index (κ2) is 6.55. The van der Waals surface area contributed by atoms with E-state index in [-0.39, 0.29) is 5.91 Å². The van der Waals surface area contributed by atoms with Crippen molar-refractivity contribution in [2.45, 2.75) is 19.5 Å². The summed E-state index contributed by atoms with van der Waals surface area (Å²) in [6.45, 7) is 2.20. The first-order valence-corrected chi connectivity index (χ1v) is 6.20. The fourth-order valence-corrected chi connectivity index (χ4v) is 1.64. The Kier molecular flexibility index (Phi) is 5.36. The zero-order chi connectivity index (χ0) is 13.7. The minimum absolute atomic E-state index is 0.359. The maximum Gasteiger partial charge on any atom is 0.321 e. The Labute approximate surface area is 114 Å². The number of rotatable bonds is 4. The minimum Gasteiger partial charge on any atom is -0.453 e. The van der Waals surface area contributed by atoms with E-state index in [9.17, 15) is 9.59 Å². The van der Waals surface area contributed by atoms with Gasteiger partial charge in [-0.2, -0.15) is 0 Å². The lowest BCUT2D eigenvalue weighted by molar-refractivity contribution is -0.124. The summed E-state index contributed by atoms with van der Waals surface area (Å²) >= 11 is 3.21. The molecule has 1 rings (SSSR count). The third kappa shape index (κ3) is 4.15. The van der Waals surface area contributed by atoms with Crippen LogP contribution in [0, 0.1) is 0 Å². The summed E-state index contributed by atoms with van der Waals surface area (Å²) in [5.41, 5.74) is 0. The highest BCUT2D eigenvalue weighted by Crippen LogP contribution is 2.16. The van der Waals surface area contributed by atoms with Gasteiger partial charge in [-0.3, -0.25) is 15.0 Å². The van der Waals surface area contributed by atoms with Gasteiger partial charge in [0.2, 0.25) is 5.91 Å². The third-order valence-corrected chi connectivity index (χ3v) is 2.96. The quantitative estimate of drug-likeness (QED) is 0.878. The van der Waals surface area contributed by atoms with Gasteiger partial charge in [0.1, 0.15) is 5.76 Å². The zero-order valence-corrected chi connectivity index (χ0v) is 12.1. The Hall–Kier alpha value is -1.34. The van der Waals surface area contributed by atoms with Crippen molar-refractivity contribution in [3.8, 4) is 0 Å². The highest BCUT2D eigenvalue weighted by atomic mass is 79.9. The van der Waals surface area contributed by atoms with Crippen molar-refractivity contribution >= 4 is 27.9 Å². The highest BCUT2D eigenvalue weighted by molar-refractivity contribution is 9.10. The van der Waals surface area contributed by atoms with Crippen LogP contribution in [0.15, 0.2) is 21.2 Å². The molecule has 6 nitrogen and oxygen atoms in total. The third-order valence-electron chi connectivity index (χ3n) is 2.54. The van der Waals surface area contributed by atoms with E-state index in [2.05, 4.69) is 26.6 Å². The molecule has 0 aliphatic heterocycles. The van der Waals surface area contributed by atoms with E-state index >= 15 is 0 Å². The summed E-state index contributed by atoms with van der Waals surface area (Å²) in [5.74, 6) is 0.381. The number of carbonyl (C=O) groups is 2. The lowest BCUT2D eigenvalue weighted by atomic mass is 10.2. The molecule has 1 unspecified atom stereocenters. The van der Waals surface area contributed by atoms with E-state index in [0.29, 0.717) is 11.2 Å². The second-order valence-electron chi connectivity index (χ2n) is 3.87. The number of amides is 3. The van der Waals surface area contributed by atoms with Crippen molar-refractivity contribution in [1.29, 1.82) is 0 Å². The molecule has 2 N–H and O–H groups in total. The van der Waals surface area contributed by atoms with Crippen LogP contribution < -0.4 is 10.6 Å². The van der Waals surface area contributed by atoms with Crippen LogP contribution in [-0.2, 0) is 11.3 Å². The van der Waals surface area contributed by atoms with Gasteiger partial charge in [-0.05, 0) is 42.0 Å². The molecule has 18 heavy (non-hydrogen) atoms. The van der Waals surface area contributed by atoms with Crippen molar-refractivity contribution < 1.29 is 14.0 Å². The van der Waals surface area contributed by atoms with Crippen LogP contribution in [0.3, 0.4) is 0 Å². The average molecular weight is 318 g/mol. The Balaban J connectivity index is 2.52. The summed E-state index contributed by atoms with van der Waals surface area (Å²) in [6.07, 6.45) is 0. The summed E-state index contributed by atoms with van der Waals surface area (Å²) < 4.78 is 6.00. The molecule has 1 heterocycles. The minimum atomic E-state index is -0.513. The second-order valence-corrected chi connectivity index (χ2v) is 4.65. The summed E-state index contributed by atoms with van der Waals surface area (Å²) in [6, 6.07) is 2.66. The van der Waals surface area contributed by atoms with Crippen molar-refractivity contribution in [3.63, 3.8) is 0 Å². The summed E-state index contributed by atoms with van der Waals surface area (Å²) in [7, 11) is 3.24. The van der Waals surface area contributed by atoms with E-state index in [1.54, 1.807) is 24.9 Å². The summed E-state index contributed by atoms with van der Waals surface area (Å²) in [5, 5.41) is 4.56. The van der Waals surface area contributed by atoms with Crippen LogP contribution in [-0.4, -0.2) is 37.0 Å². The molecule has 0 saturated carbocycles. The number of carbonyl (C=O) groups excluding carboxylic acids is 2. The molecule has 0 aliphatic rings. The molecule has 1 atom stereocenters. The molecule has 0 radical (unpaired) electrons. The van der Waals surface area contributed by atoms with Crippen LogP contribution in [0.1, 0.15) is 12.7 Å². The molecule has 1 aromatic rings. The lowest BCUT2D eigenvalue weighted by Gasteiger charge is -2.22. The fraction of sp³-hybridized carbons (Fsp3) is 0.455. The average Bonchev–Trinajstić information content (AvgIpc) is 2.73. The molecule has 0 bridgehead atoms. The fourth-order valence-electron chi connectivity index (χ4n) is 1.30. The van der Waals surface area contributed by atoms with E-state index < -0.39 is 12.1 Å². The summed E-state index contributed by atoms with van der Waals surface area (Å²) in [4.78, 5) is 24.5. The predicted molar refractivity (Wildman–Crippen MR) is 69.9 cm³/mol. The van der Waals surface area contributed by atoms with E-state index in [1.807, 2.05) is 6.07 Å². The highest BCUT2D eigenvalue weighted by Gasteiger charge is 2.20. The zero-order valence-electron chi connectivity index (χ0n) is 10.5. The molecule has 100 valence electrons. The van der Waals surface area contributed by atoms with Crippen LogP contribution in [0.5, 0.6) is 0 Å². The van der Waals surface area contributed by atoms with Gasteiger partial charge in [0, 0.05) is 7.05 Å². The molecular weight excluding hydrogens is 302 g/mol. The number of imide groups is 1. The first kappa shape index (κ1) is 14.7. The smallest absolute Gasteiger partial charge is 0.321 e.